The lowest BCUT2D eigenvalue weighted by atomic mass is 10.2. The molecule has 0 aliphatic heterocycles. The zero-order chi connectivity index (χ0) is 24.4. The van der Waals surface area contributed by atoms with Crippen molar-refractivity contribution in [3.05, 3.63) is 59.4 Å². The molecule has 2 amide bonds. The van der Waals surface area contributed by atoms with E-state index in [4.69, 9.17) is 4.74 Å². The average molecular weight is 466 g/mol. The van der Waals surface area contributed by atoms with Crippen LogP contribution in [-0.4, -0.2) is 33.7 Å². The number of ether oxygens (including phenoxy) is 1. The number of fused-ring (bicyclic) bond motifs is 1. The van der Waals surface area contributed by atoms with Crippen LogP contribution in [0.3, 0.4) is 0 Å². The van der Waals surface area contributed by atoms with Gasteiger partial charge in [-0.2, -0.15) is 13.2 Å². The molecule has 176 valence electrons. The first-order valence-corrected chi connectivity index (χ1v) is 9.95. The molecule has 11 heteroatoms. The van der Waals surface area contributed by atoms with Gasteiger partial charge in [0.1, 0.15) is 11.4 Å². The Balaban J connectivity index is 1.88. The number of benzene rings is 2. The summed E-state index contributed by atoms with van der Waals surface area (Å²) in [5, 5.41) is 5.09. The minimum atomic E-state index is -4.56. The second-order valence-electron chi connectivity index (χ2n) is 8.18. The van der Waals surface area contributed by atoms with E-state index >= 15 is 0 Å². The van der Waals surface area contributed by atoms with E-state index in [0.717, 1.165) is 24.3 Å². The molecule has 0 spiro atoms. The number of imidazole rings is 1. The Bertz CT molecular complexity index is 1170. The second kappa shape index (κ2) is 9.08. The van der Waals surface area contributed by atoms with E-state index in [-0.39, 0.29) is 30.1 Å². The van der Waals surface area contributed by atoms with Crippen molar-refractivity contribution >= 4 is 29.0 Å². The molecule has 3 aromatic rings. The second-order valence-corrected chi connectivity index (χ2v) is 8.18. The minimum absolute atomic E-state index is 0.0106. The van der Waals surface area contributed by atoms with Crippen molar-refractivity contribution in [2.24, 2.45) is 0 Å². The van der Waals surface area contributed by atoms with Crippen LogP contribution in [0.1, 0.15) is 36.7 Å². The van der Waals surface area contributed by atoms with Crippen molar-refractivity contribution in [2.45, 2.75) is 39.1 Å². The molecule has 0 bridgehead atoms. The van der Waals surface area contributed by atoms with Crippen LogP contribution in [0.2, 0.25) is 0 Å². The van der Waals surface area contributed by atoms with Crippen molar-refractivity contribution < 1.29 is 31.9 Å². The highest BCUT2D eigenvalue weighted by Crippen LogP contribution is 2.32. The van der Waals surface area contributed by atoms with Gasteiger partial charge in [0.05, 0.1) is 16.6 Å². The number of rotatable bonds is 5. The Morgan fingerprint density at radius 1 is 1.06 bits per heavy atom. The van der Waals surface area contributed by atoms with E-state index in [0.29, 0.717) is 5.52 Å². The zero-order valence-corrected chi connectivity index (χ0v) is 18.1. The number of carbonyl (C=O) groups is 2. The maximum absolute atomic E-state index is 13.1. The lowest BCUT2D eigenvalue weighted by Crippen LogP contribution is -2.34. The summed E-state index contributed by atoms with van der Waals surface area (Å²) in [6.45, 7) is 5.26. The summed E-state index contributed by atoms with van der Waals surface area (Å²) in [6.07, 6.45) is -5.23. The maximum atomic E-state index is 13.1. The predicted octanol–water partition coefficient (Wildman–Crippen LogP) is 4.97. The Labute approximate surface area is 186 Å². The molecule has 2 aromatic carbocycles. The van der Waals surface area contributed by atoms with E-state index in [1.807, 2.05) is 0 Å². The van der Waals surface area contributed by atoms with Crippen molar-refractivity contribution in [1.82, 2.24) is 14.9 Å². The monoisotopic (exact) mass is 466 g/mol. The summed E-state index contributed by atoms with van der Waals surface area (Å²) >= 11 is 0. The van der Waals surface area contributed by atoms with Gasteiger partial charge in [0.2, 0.25) is 5.95 Å². The molecule has 0 atom stereocenters. The number of alkyl halides is 3. The predicted molar refractivity (Wildman–Crippen MR) is 113 cm³/mol. The Morgan fingerprint density at radius 2 is 1.73 bits per heavy atom. The number of hydrogen-bond donors (Lipinski definition) is 2. The fraction of sp³-hybridized carbons (Fsp3) is 0.318. The van der Waals surface area contributed by atoms with Gasteiger partial charge >= 0.3 is 12.3 Å². The van der Waals surface area contributed by atoms with Crippen LogP contribution < -0.4 is 10.6 Å². The quantitative estimate of drug-likeness (QED) is 0.520. The molecule has 0 saturated heterocycles. The number of nitrogens with zero attached hydrogens (tertiary/aromatic N) is 2. The molecule has 1 heterocycles. The fourth-order valence-corrected chi connectivity index (χ4v) is 2.99. The highest BCUT2D eigenvalue weighted by Gasteiger charge is 2.31. The van der Waals surface area contributed by atoms with Crippen LogP contribution in [0.4, 0.5) is 28.3 Å². The van der Waals surface area contributed by atoms with Crippen molar-refractivity contribution in [3.8, 4) is 0 Å². The van der Waals surface area contributed by atoms with Crippen molar-refractivity contribution in [2.75, 3.05) is 11.9 Å². The largest absolute Gasteiger partial charge is 0.444 e. The molecule has 1 aromatic heterocycles. The third kappa shape index (κ3) is 6.21. The first kappa shape index (κ1) is 24.0. The number of anilines is 1. The van der Waals surface area contributed by atoms with Crippen LogP contribution in [-0.2, 0) is 17.5 Å². The molecule has 0 aliphatic rings. The summed E-state index contributed by atoms with van der Waals surface area (Å²) in [6, 6.07) is 7.78. The summed E-state index contributed by atoms with van der Waals surface area (Å²) < 4.78 is 59.1. The Kier molecular flexibility index (Phi) is 6.61. The van der Waals surface area contributed by atoms with E-state index in [1.165, 1.54) is 22.8 Å². The molecule has 0 unspecified atom stereocenters. The average Bonchev–Trinajstić information content (AvgIpc) is 3.03. The molecule has 7 nitrogen and oxygen atoms in total. The molecule has 3 rings (SSSR count). The van der Waals surface area contributed by atoms with Crippen molar-refractivity contribution in [3.63, 3.8) is 0 Å². The van der Waals surface area contributed by atoms with Gasteiger partial charge in [-0.3, -0.25) is 10.1 Å². The van der Waals surface area contributed by atoms with Gasteiger partial charge in [-0.1, -0.05) is 0 Å². The highest BCUT2D eigenvalue weighted by atomic mass is 19.4. The summed E-state index contributed by atoms with van der Waals surface area (Å²) in [5.41, 5.74) is -1.12. The van der Waals surface area contributed by atoms with Gasteiger partial charge in [0, 0.05) is 18.7 Å². The SMILES string of the molecule is CC(C)(C)OC(=O)NCCn1c(NC(=O)c2ccc(F)cc2)nc2cc(C(F)(F)F)ccc21. The summed E-state index contributed by atoms with van der Waals surface area (Å²) in [5.74, 6) is -1.17. The Morgan fingerprint density at radius 3 is 2.33 bits per heavy atom. The summed E-state index contributed by atoms with van der Waals surface area (Å²) in [4.78, 5) is 28.6. The minimum Gasteiger partial charge on any atom is -0.444 e. The van der Waals surface area contributed by atoms with Crippen LogP contribution in [0.25, 0.3) is 11.0 Å². The smallest absolute Gasteiger partial charge is 0.416 e. The van der Waals surface area contributed by atoms with Gasteiger partial charge in [-0.05, 0) is 63.2 Å². The normalized spacial score (nSPS) is 12.0. The molecule has 0 fully saturated rings. The number of halogens is 4. The molecule has 0 radical (unpaired) electrons. The first-order chi connectivity index (χ1) is 15.3. The fourth-order valence-electron chi connectivity index (χ4n) is 2.99. The number of carbonyl (C=O) groups excluding carboxylic acids is 2. The lowest BCUT2D eigenvalue weighted by Gasteiger charge is -2.20. The van der Waals surface area contributed by atoms with E-state index in [9.17, 15) is 27.2 Å². The lowest BCUT2D eigenvalue weighted by molar-refractivity contribution is -0.137. The van der Waals surface area contributed by atoms with Gasteiger partial charge in [-0.25, -0.2) is 14.2 Å². The van der Waals surface area contributed by atoms with E-state index in [2.05, 4.69) is 15.6 Å². The molecule has 0 aliphatic carbocycles. The van der Waals surface area contributed by atoms with Gasteiger partial charge in [-0.15, -0.1) is 0 Å². The number of aromatic nitrogens is 2. The van der Waals surface area contributed by atoms with Gasteiger partial charge in [0.25, 0.3) is 5.91 Å². The van der Waals surface area contributed by atoms with Crippen LogP contribution in [0.5, 0.6) is 0 Å². The highest BCUT2D eigenvalue weighted by molar-refractivity contribution is 6.04. The maximum Gasteiger partial charge on any atom is 0.416 e. The van der Waals surface area contributed by atoms with Crippen LogP contribution >= 0.6 is 0 Å². The van der Waals surface area contributed by atoms with Gasteiger partial charge in [0.15, 0.2) is 0 Å². The Hall–Kier alpha value is -3.63. The van der Waals surface area contributed by atoms with Crippen molar-refractivity contribution in [1.29, 1.82) is 0 Å². The first-order valence-electron chi connectivity index (χ1n) is 9.95. The topological polar surface area (TPSA) is 85.2 Å². The number of amides is 2. The number of alkyl carbamates (subject to hydrolysis) is 1. The zero-order valence-electron chi connectivity index (χ0n) is 18.1. The van der Waals surface area contributed by atoms with E-state index < -0.39 is 35.2 Å². The van der Waals surface area contributed by atoms with E-state index in [1.54, 1.807) is 20.8 Å². The van der Waals surface area contributed by atoms with Gasteiger partial charge < -0.3 is 14.6 Å². The molecular weight excluding hydrogens is 444 g/mol. The third-order valence-electron chi connectivity index (χ3n) is 4.41. The molecular formula is C22H22F4N4O3. The molecule has 33 heavy (non-hydrogen) atoms. The molecule has 0 saturated carbocycles. The van der Waals surface area contributed by atoms with Crippen LogP contribution in [0, 0.1) is 5.82 Å². The molecule has 2 N–H and O–H groups in total. The van der Waals surface area contributed by atoms with Crippen LogP contribution in [0.15, 0.2) is 42.5 Å². The summed E-state index contributed by atoms with van der Waals surface area (Å²) in [7, 11) is 0. The third-order valence-corrected chi connectivity index (χ3v) is 4.41. The standard InChI is InChI=1S/C22H22F4N4O3/c1-21(2,3)33-20(32)27-10-11-30-17-9-6-14(22(24,25)26)12-16(17)28-19(30)29-18(31)13-4-7-15(23)8-5-13/h4-9,12H,10-11H2,1-3H3,(H,27,32)(H,28,29,31). The number of nitrogens with one attached hydrogen (secondary N) is 2. The number of hydrogen-bond acceptors (Lipinski definition) is 4.